The Labute approximate surface area is 153 Å². The summed E-state index contributed by atoms with van der Waals surface area (Å²) in [5, 5.41) is -2.32. The Kier molecular flexibility index (Phi) is 4.60. The second-order valence-electron chi connectivity index (χ2n) is 4.91. The Morgan fingerprint density at radius 1 is 0.750 bits per heavy atom. The second kappa shape index (κ2) is 6.71. The lowest BCUT2D eigenvalue weighted by Crippen LogP contribution is -2.23. The Bertz CT molecular complexity index is 781. The number of hydrogen-bond donors (Lipinski definition) is 0. The van der Waals surface area contributed by atoms with Crippen molar-refractivity contribution in [1.29, 1.82) is 0 Å². The molecule has 0 N–H and O–H groups in total. The molecule has 0 aromatic heterocycles. The molecule has 0 heterocycles. The van der Waals surface area contributed by atoms with Gasteiger partial charge in [-0.1, -0.05) is 56.1 Å². The van der Waals surface area contributed by atoms with Crippen molar-refractivity contribution in [1.82, 2.24) is 0 Å². The zero-order chi connectivity index (χ0) is 20.0. The highest BCUT2D eigenvalue weighted by Crippen LogP contribution is 2.43. The van der Waals surface area contributed by atoms with E-state index < -0.39 is 33.1 Å². The first kappa shape index (κ1) is 16.4. The summed E-state index contributed by atoms with van der Waals surface area (Å²) in [6.45, 7) is 0. The quantitative estimate of drug-likeness (QED) is 0.338. The number of rotatable bonds is 3. The molecule has 0 saturated heterocycles. The van der Waals surface area contributed by atoms with Crippen LogP contribution < -0.4 is 0 Å². The molecule has 0 amide bonds. The first-order valence-electron chi connectivity index (χ1n) is 7.40. The molecule has 2 aromatic rings. The molecule has 1 atom stereocenters. The number of benzene rings is 2. The van der Waals surface area contributed by atoms with Crippen molar-refractivity contribution in [3.8, 4) is 0 Å². The van der Waals surface area contributed by atoms with Gasteiger partial charge in [0.15, 0.2) is 0 Å². The fourth-order valence-electron chi connectivity index (χ4n) is 2.07. The van der Waals surface area contributed by atoms with E-state index in [1.54, 1.807) is 0 Å². The molecule has 1 unspecified atom stereocenters. The Balaban J connectivity index is 2.64. The van der Waals surface area contributed by atoms with E-state index in [1.807, 2.05) is 0 Å². The monoisotopic (exact) mass is 476 g/mol. The van der Waals surface area contributed by atoms with Crippen molar-refractivity contribution in [2.45, 2.75) is 16.7 Å². The van der Waals surface area contributed by atoms with Crippen LogP contribution in [0.2, 0.25) is 0 Å². The fourth-order valence-corrected chi connectivity index (χ4v) is 3.04. The van der Waals surface area contributed by atoms with E-state index in [2.05, 4.69) is 31.9 Å². The predicted molar refractivity (Wildman–Crippen MR) is 86.4 cm³/mol. The van der Waals surface area contributed by atoms with E-state index in [1.165, 1.54) is 6.07 Å². The minimum absolute atomic E-state index is 0.0201. The van der Waals surface area contributed by atoms with Gasteiger partial charge in [0, 0.05) is 8.02 Å². The number of halogens is 8. The van der Waals surface area contributed by atoms with Crippen molar-refractivity contribution in [2.24, 2.45) is 0 Å². The van der Waals surface area contributed by atoms with E-state index >= 15 is 0 Å². The SMILES string of the molecule is [2H]C([2H])(Br)C(Br)(c1ccc(C(F)(F)F)cc1)c1cccc(C(F)(F)F)c1. The summed E-state index contributed by atoms with van der Waals surface area (Å²) in [6.07, 6.45) is -9.24. The smallest absolute Gasteiger partial charge is 0.166 e. The molecule has 0 aliphatic rings. The zero-order valence-corrected chi connectivity index (χ0v) is 14.8. The van der Waals surface area contributed by atoms with Crippen LogP contribution in [0.1, 0.15) is 25.0 Å². The van der Waals surface area contributed by atoms with Crippen LogP contribution in [-0.2, 0) is 16.7 Å². The molecule has 2 rings (SSSR count). The molecule has 130 valence electrons. The molecule has 0 nitrogen and oxygen atoms in total. The normalized spacial score (nSPS) is 17.0. The molecule has 0 spiro atoms. The van der Waals surface area contributed by atoms with Crippen LogP contribution >= 0.6 is 31.9 Å². The topological polar surface area (TPSA) is 0 Å². The molecule has 2 aromatic carbocycles. The summed E-state index contributed by atoms with van der Waals surface area (Å²) in [5.74, 6) is 0. The maximum absolute atomic E-state index is 13.0. The van der Waals surface area contributed by atoms with Crippen LogP contribution in [0, 0.1) is 0 Å². The van der Waals surface area contributed by atoms with E-state index in [4.69, 9.17) is 2.74 Å². The highest BCUT2D eigenvalue weighted by atomic mass is 79.9. The van der Waals surface area contributed by atoms with Gasteiger partial charge in [-0.2, -0.15) is 26.3 Å². The third-order valence-corrected chi connectivity index (χ3v) is 5.57. The van der Waals surface area contributed by atoms with Crippen molar-refractivity contribution in [3.63, 3.8) is 0 Å². The van der Waals surface area contributed by atoms with Gasteiger partial charge in [-0.25, -0.2) is 0 Å². The van der Waals surface area contributed by atoms with Crippen LogP contribution in [0.3, 0.4) is 0 Å². The number of hydrogen-bond acceptors (Lipinski definition) is 0. The molecule has 0 fully saturated rings. The first-order valence-corrected chi connectivity index (χ1v) is 7.99. The van der Waals surface area contributed by atoms with Crippen molar-refractivity contribution < 1.29 is 29.1 Å². The van der Waals surface area contributed by atoms with Gasteiger partial charge in [-0.3, -0.25) is 0 Å². The van der Waals surface area contributed by atoms with Crippen LogP contribution in [-0.4, -0.2) is 5.28 Å². The van der Waals surface area contributed by atoms with Gasteiger partial charge in [0.2, 0.25) is 0 Å². The average Bonchev–Trinajstić information content (AvgIpc) is 2.51. The Morgan fingerprint density at radius 2 is 1.21 bits per heavy atom. The maximum atomic E-state index is 13.0. The molecule has 0 bridgehead atoms. The molecular weight excluding hydrogens is 466 g/mol. The van der Waals surface area contributed by atoms with E-state index in [-0.39, 0.29) is 11.1 Å². The van der Waals surface area contributed by atoms with Gasteiger partial charge in [0.05, 0.1) is 15.5 Å². The van der Waals surface area contributed by atoms with Gasteiger partial charge < -0.3 is 0 Å². The second-order valence-corrected chi connectivity index (χ2v) is 6.49. The summed E-state index contributed by atoms with van der Waals surface area (Å²) >= 11 is 5.92. The highest BCUT2D eigenvalue weighted by Gasteiger charge is 2.36. The predicted octanol–water partition coefficient (Wildman–Crippen LogP) is 6.76. The average molecular weight is 478 g/mol. The lowest BCUT2D eigenvalue weighted by atomic mass is 9.91. The van der Waals surface area contributed by atoms with Gasteiger partial charge >= 0.3 is 12.4 Å². The molecular formula is C16H10Br2F6. The summed E-state index contributed by atoms with van der Waals surface area (Å²) < 4.78 is 91.3. The van der Waals surface area contributed by atoms with Gasteiger partial charge in [-0.15, -0.1) is 0 Å². The Hall–Kier alpha value is -1.02. The van der Waals surface area contributed by atoms with Crippen LogP contribution in [0.5, 0.6) is 0 Å². The largest absolute Gasteiger partial charge is 0.416 e. The van der Waals surface area contributed by atoms with Crippen LogP contribution in [0.15, 0.2) is 48.5 Å². The molecule has 0 aliphatic carbocycles. The minimum Gasteiger partial charge on any atom is -0.166 e. The minimum atomic E-state index is -4.65. The van der Waals surface area contributed by atoms with Crippen molar-refractivity contribution >= 4 is 31.9 Å². The summed E-state index contributed by atoms with van der Waals surface area (Å²) in [5.41, 5.74) is -2.03. The van der Waals surface area contributed by atoms with Gasteiger partial charge in [-0.05, 0) is 35.4 Å². The summed E-state index contributed by atoms with van der Waals surface area (Å²) in [7, 11) is 0. The number of alkyl halides is 8. The first-order chi connectivity index (χ1) is 11.7. The maximum Gasteiger partial charge on any atom is 0.416 e. The van der Waals surface area contributed by atoms with Gasteiger partial charge in [0.25, 0.3) is 0 Å². The van der Waals surface area contributed by atoms with Crippen LogP contribution in [0.4, 0.5) is 26.3 Å². The van der Waals surface area contributed by atoms with Crippen LogP contribution in [0.25, 0.3) is 0 Å². The highest BCUT2D eigenvalue weighted by molar-refractivity contribution is 9.12. The van der Waals surface area contributed by atoms with Crippen molar-refractivity contribution in [2.75, 3.05) is 5.28 Å². The lowest BCUT2D eigenvalue weighted by molar-refractivity contribution is -0.138. The van der Waals surface area contributed by atoms with Crippen molar-refractivity contribution in [3.05, 3.63) is 70.8 Å². The molecule has 0 saturated carbocycles. The van der Waals surface area contributed by atoms with Gasteiger partial charge in [0.1, 0.15) is 0 Å². The lowest BCUT2D eigenvalue weighted by Gasteiger charge is -2.27. The summed E-state index contributed by atoms with van der Waals surface area (Å²) in [4.78, 5) is 0. The molecule has 24 heavy (non-hydrogen) atoms. The van der Waals surface area contributed by atoms with E-state index in [0.717, 1.165) is 42.5 Å². The summed E-state index contributed by atoms with van der Waals surface area (Å²) in [6, 6.07) is 7.50. The molecule has 0 radical (unpaired) electrons. The standard InChI is InChI=1S/C16H10Br2F6/c17-9-14(18,10-4-6-11(7-5-10)15(19,20)21)12-2-1-3-13(8-12)16(22,23)24/h1-8H,9H2/i9D2. The van der Waals surface area contributed by atoms with E-state index in [0.29, 0.717) is 0 Å². The molecule has 0 aliphatic heterocycles. The third-order valence-electron chi connectivity index (χ3n) is 3.33. The molecule has 8 heteroatoms. The van der Waals surface area contributed by atoms with E-state index in [9.17, 15) is 26.3 Å². The Morgan fingerprint density at radius 3 is 1.67 bits per heavy atom. The zero-order valence-electron chi connectivity index (χ0n) is 13.6. The third kappa shape index (κ3) is 3.96. The fraction of sp³-hybridized carbons (Fsp3) is 0.250.